The Hall–Kier alpha value is -3.03. The van der Waals surface area contributed by atoms with E-state index in [2.05, 4.69) is 16.4 Å². The molecule has 0 aliphatic carbocycles. The van der Waals surface area contributed by atoms with Crippen LogP contribution in [0.25, 0.3) is 0 Å². The van der Waals surface area contributed by atoms with Gasteiger partial charge in [0.1, 0.15) is 11.6 Å². The zero-order chi connectivity index (χ0) is 19.8. The standard InChI is InChI=1S/C20H20N4O2S/c1-13-15(14(2)23-20(26)16(13)12-22)8-9-19(25)24-17-6-3-4-7-18(17)27-11-5-10-21/h3-4,6-7H,5,8-9,11H2,1-2H3,(H,23,26)(H,24,25). The largest absolute Gasteiger partial charge is 0.325 e. The minimum atomic E-state index is -0.399. The Labute approximate surface area is 162 Å². The maximum atomic E-state index is 12.4. The Morgan fingerprint density at radius 1 is 1.26 bits per heavy atom. The highest BCUT2D eigenvalue weighted by molar-refractivity contribution is 7.99. The minimum Gasteiger partial charge on any atom is -0.325 e. The number of benzene rings is 1. The lowest BCUT2D eigenvalue weighted by Crippen LogP contribution is -2.18. The second-order valence-corrected chi connectivity index (χ2v) is 7.11. The van der Waals surface area contributed by atoms with Gasteiger partial charge >= 0.3 is 0 Å². The van der Waals surface area contributed by atoms with Gasteiger partial charge in [0, 0.05) is 29.2 Å². The molecule has 1 aromatic heterocycles. The van der Waals surface area contributed by atoms with Gasteiger partial charge in [-0.25, -0.2) is 0 Å². The minimum absolute atomic E-state index is 0.0928. The molecule has 2 N–H and O–H groups in total. The summed E-state index contributed by atoms with van der Waals surface area (Å²) in [6.45, 7) is 3.50. The third kappa shape index (κ3) is 5.22. The first-order chi connectivity index (χ1) is 13.0. The zero-order valence-corrected chi connectivity index (χ0v) is 16.1. The number of hydrogen-bond acceptors (Lipinski definition) is 5. The van der Waals surface area contributed by atoms with Crippen LogP contribution in [0.15, 0.2) is 34.0 Å². The fourth-order valence-corrected chi connectivity index (χ4v) is 3.64. The number of anilines is 1. The van der Waals surface area contributed by atoms with Gasteiger partial charge in [-0.15, -0.1) is 11.8 Å². The molecule has 0 spiro atoms. The summed E-state index contributed by atoms with van der Waals surface area (Å²) in [5, 5.41) is 20.7. The first-order valence-corrected chi connectivity index (χ1v) is 9.47. The lowest BCUT2D eigenvalue weighted by Gasteiger charge is -2.12. The number of pyridine rings is 1. The highest BCUT2D eigenvalue weighted by Crippen LogP contribution is 2.27. The summed E-state index contributed by atoms with van der Waals surface area (Å²) in [4.78, 5) is 27.8. The molecule has 0 unspecified atom stereocenters. The van der Waals surface area contributed by atoms with Crippen LogP contribution in [0, 0.1) is 36.5 Å². The van der Waals surface area contributed by atoms with Crippen LogP contribution >= 0.6 is 11.8 Å². The van der Waals surface area contributed by atoms with Gasteiger partial charge in [0.15, 0.2) is 0 Å². The van der Waals surface area contributed by atoms with Crippen molar-refractivity contribution in [1.29, 1.82) is 10.5 Å². The monoisotopic (exact) mass is 380 g/mol. The van der Waals surface area contributed by atoms with E-state index in [-0.39, 0.29) is 17.9 Å². The van der Waals surface area contributed by atoms with E-state index in [4.69, 9.17) is 10.5 Å². The number of para-hydroxylation sites is 1. The lowest BCUT2D eigenvalue weighted by atomic mass is 9.99. The molecule has 0 atom stereocenters. The molecule has 1 aromatic carbocycles. The summed E-state index contributed by atoms with van der Waals surface area (Å²) in [5.41, 5.74) is 2.53. The van der Waals surface area contributed by atoms with E-state index in [0.717, 1.165) is 16.1 Å². The van der Waals surface area contributed by atoms with Crippen LogP contribution in [0.1, 0.15) is 35.2 Å². The summed E-state index contributed by atoms with van der Waals surface area (Å²) in [6, 6.07) is 11.5. The van der Waals surface area contributed by atoms with Gasteiger partial charge in [-0.3, -0.25) is 9.59 Å². The third-order valence-corrected chi connectivity index (χ3v) is 5.23. The van der Waals surface area contributed by atoms with Gasteiger partial charge < -0.3 is 10.3 Å². The molecule has 0 saturated carbocycles. The number of aryl methyl sites for hydroxylation is 1. The van der Waals surface area contributed by atoms with Crippen molar-refractivity contribution in [2.75, 3.05) is 11.1 Å². The number of H-pyrrole nitrogens is 1. The smallest absolute Gasteiger partial charge is 0.266 e. The fraction of sp³-hybridized carbons (Fsp3) is 0.300. The summed E-state index contributed by atoms with van der Waals surface area (Å²) >= 11 is 1.53. The van der Waals surface area contributed by atoms with E-state index >= 15 is 0 Å². The Morgan fingerprint density at radius 3 is 2.70 bits per heavy atom. The maximum Gasteiger partial charge on any atom is 0.266 e. The van der Waals surface area contributed by atoms with Crippen molar-refractivity contribution in [3.05, 3.63) is 57.0 Å². The van der Waals surface area contributed by atoms with Crippen molar-refractivity contribution in [3.63, 3.8) is 0 Å². The molecule has 0 bridgehead atoms. The number of aromatic nitrogens is 1. The molecule has 0 aliphatic heterocycles. The number of amides is 1. The van der Waals surface area contributed by atoms with E-state index in [1.807, 2.05) is 30.3 Å². The van der Waals surface area contributed by atoms with E-state index < -0.39 is 5.56 Å². The number of carbonyl (C=O) groups is 1. The number of carbonyl (C=O) groups excluding carboxylic acids is 1. The van der Waals surface area contributed by atoms with Gasteiger partial charge in [-0.1, -0.05) is 12.1 Å². The number of hydrogen-bond donors (Lipinski definition) is 2. The average Bonchev–Trinajstić information content (AvgIpc) is 2.63. The molecule has 1 heterocycles. The van der Waals surface area contributed by atoms with Crippen molar-refractivity contribution in [2.45, 2.75) is 38.0 Å². The molecule has 6 nitrogen and oxygen atoms in total. The molecule has 0 saturated heterocycles. The van der Waals surface area contributed by atoms with Gasteiger partial charge in [-0.2, -0.15) is 10.5 Å². The Kier molecular flexibility index (Phi) is 7.22. The van der Waals surface area contributed by atoms with Crippen LogP contribution in [0.2, 0.25) is 0 Å². The molecular formula is C20H20N4O2S. The Bertz CT molecular complexity index is 983. The molecule has 7 heteroatoms. The van der Waals surface area contributed by atoms with Crippen molar-refractivity contribution >= 4 is 23.4 Å². The average molecular weight is 380 g/mol. The number of nitrogens with one attached hydrogen (secondary N) is 2. The number of rotatable bonds is 7. The SMILES string of the molecule is Cc1[nH]c(=O)c(C#N)c(C)c1CCC(=O)Nc1ccccc1SCCC#N. The lowest BCUT2D eigenvalue weighted by molar-refractivity contribution is -0.116. The van der Waals surface area contributed by atoms with Gasteiger partial charge in [-0.05, 0) is 43.5 Å². The third-order valence-electron chi connectivity index (χ3n) is 4.15. The molecule has 1 amide bonds. The van der Waals surface area contributed by atoms with Gasteiger partial charge in [0.25, 0.3) is 5.56 Å². The van der Waals surface area contributed by atoms with Gasteiger partial charge in [0.2, 0.25) is 5.91 Å². The first kappa shape index (κ1) is 20.3. The highest BCUT2D eigenvalue weighted by atomic mass is 32.2. The van der Waals surface area contributed by atoms with Crippen molar-refractivity contribution in [2.24, 2.45) is 0 Å². The molecular weight excluding hydrogens is 360 g/mol. The molecule has 138 valence electrons. The quantitative estimate of drug-likeness (QED) is 0.565. The number of nitrogens with zero attached hydrogens (tertiary/aromatic N) is 2. The summed E-state index contributed by atoms with van der Waals surface area (Å²) in [5.74, 6) is 0.516. The first-order valence-electron chi connectivity index (χ1n) is 8.49. The highest BCUT2D eigenvalue weighted by Gasteiger charge is 2.14. The number of aromatic amines is 1. The molecule has 2 rings (SSSR count). The predicted octanol–water partition coefficient (Wildman–Crippen LogP) is 3.44. The normalized spacial score (nSPS) is 10.1. The molecule has 2 aromatic rings. The Morgan fingerprint density at radius 2 is 2.00 bits per heavy atom. The van der Waals surface area contributed by atoms with E-state index in [9.17, 15) is 9.59 Å². The molecule has 27 heavy (non-hydrogen) atoms. The van der Waals surface area contributed by atoms with Crippen molar-refractivity contribution in [1.82, 2.24) is 4.98 Å². The molecule has 0 radical (unpaired) electrons. The van der Waals surface area contributed by atoms with E-state index in [0.29, 0.717) is 29.9 Å². The van der Waals surface area contributed by atoms with Crippen molar-refractivity contribution < 1.29 is 4.79 Å². The van der Waals surface area contributed by atoms with Gasteiger partial charge in [0.05, 0.1) is 11.8 Å². The number of thioether (sulfide) groups is 1. The topological polar surface area (TPSA) is 110 Å². The summed E-state index contributed by atoms with van der Waals surface area (Å²) < 4.78 is 0. The maximum absolute atomic E-state index is 12.4. The second kappa shape index (κ2) is 9.61. The fourth-order valence-electron chi connectivity index (χ4n) is 2.77. The van der Waals surface area contributed by atoms with Crippen LogP contribution in [0.5, 0.6) is 0 Å². The van der Waals surface area contributed by atoms with E-state index in [1.165, 1.54) is 11.8 Å². The van der Waals surface area contributed by atoms with Crippen LogP contribution in [0.3, 0.4) is 0 Å². The Balaban J connectivity index is 2.07. The van der Waals surface area contributed by atoms with Crippen LogP contribution in [-0.2, 0) is 11.2 Å². The second-order valence-electron chi connectivity index (χ2n) is 5.97. The van der Waals surface area contributed by atoms with Crippen LogP contribution in [-0.4, -0.2) is 16.6 Å². The summed E-state index contributed by atoms with van der Waals surface area (Å²) in [7, 11) is 0. The van der Waals surface area contributed by atoms with Crippen molar-refractivity contribution in [3.8, 4) is 12.1 Å². The molecule has 0 fully saturated rings. The molecule has 0 aliphatic rings. The zero-order valence-electron chi connectivity index (χ0n) is 15.3. The summed E-state index contributed by atoms with van der Waals surface area (Å²) in [6.07, 6.45) is 1.10. The van der Waals surface area contributed by atoms with E-state index in [1.54, 1.807) is 13.8 Å². The van der Waals surface area contributed by atoms with Crippen LogP contribution < -0.4 is 10.9 Å². The number of nitriles is 2. The predicted molar refractivity (Wildman–Crippen MR) is 106 cm³/mol. The van der Waals surface area contributed by atoms with Crippen LogP contribution in [0.4, 0.5) is 5.69 Å².